The fourth-order valence-corrected chi connectivity index (χ4v) is 13.1. The molecule has 0 aliphatic heterocycles. The number of hydrogen-bond donors (Lipinski definition) is 10. The van der Waals surface area contributed by atoms with Gasteiger partial charge in [-0.25, -0.2) is 19.9 Å². The molecule has 0 saturated heterocycles. The molecule has 10 N–H and O–H groups in total. The highest BCUT2D eigenvalue weighted by molar-refractivity contribution is 6.44. The predicted molar refractivity (Wildman–Crippen MR) is 437 cm³/mol. The second-order valence-corrected chi connectivity index (χ2v) is 26.9. The highest BCUT2D eigenvalue weighted by Crippen LogP contribution is 2.44. The van der Waals surface area contributed by atoms with Gasteiger partial charge >= 0.3 is 0 Å². The predicted octanol–water partition coefficient (Wildman–Crippen LogP) is 23.3. The van der Waals surface area contributed by atoms with E-state index in [1.807, 2.05) is 159 Å². The van der Waals surface area contributed by atoms with Gasteiger partial charge in [0, 0.05) is 78.9 Å². The number of nitrogens with one attached hydrogen (secondary N) is 4. The lowest BCUT2D eigenvalue weighted by atomic mass is 9.99. The molecule has 16 rings (SSSR count). The summed E-state index contributed by atoms with van der Waals surface area (Å²) in [6.45, 7) is 6.08. The van der Waals surface area contributed by atoms with Crippen molar-refractivity contribution in [1.82, 2.24) is 39.9 Å². The van der Waals surface area contributed by atoms with Crippen molar-refractivity contribution in [2.45, 2.75) is 20.8 Å². The van der Waals surface area contributed by atoms with Crippen LogP contribution >= 0.6 is 46.4 Å². The summed E-state index contributed by atoms with van der Waals surface area (Å²) in [7, 11) is 1.51. The van der Waals surface area contributed by atoms with Crippen molar-refractivity contribution in [2.75, 3.05) is 7.11 Å². The number of aromatic nitrogens is 8. The summed E-state index contributed by atoms with van der Waals surface area (Å²) in [4.78, 5) is 43.3. The van der Waals surface area contributed by atoms with Gasteiger partial charge in [-0.1, -0.05) is 228 Å². The molecule has 12 aromatic carbocycles. The van der Waals surface area contributed by atoms with E-state index < -0.39 is 4.92 Å². The van der Waals surface area contributed by atoms with Crippen LogP contribution in [0.4, 0.5) is 5.69 Å². The highest BCUT2D eigenvalue weighted by Gasteiger charge is 2.24. The number of hydrogen-bond acceptors (Lipinski definition) is 13. The molecule has 4 heterocycles. The van der Waals surface area contributed by atoms with Crippen LogP contribution < -0.4 is 4.74 Å². The van der Waals surface area contributed by atoms with Crippen molar-refractivity contribution in [3.63, 3.8) is 0 Å². The Balaban J connectivity index is 0.000000129. The standard InChI is InChI=1S/C23H20N2O.C22H16Cl2N2O2.C22H17N3O4.C21H14Cl2N2O2/c1-15-11-12-16(2)20(13-15)22-21(17-7-4-3-5-8-17)24-23(25-22)18-9-6-10-19(26)14-18;1-28-18-11-10-14(12-17(18)27)22-25-20(13-6-3-2-4-7-13)21(26-22)15-8-5-9-16(23)19(15)24;1-13-7-9-16(25(28)29)12-17(13)21-20(14-5-3-2-4-6-14)23-22(24-21)15-8-10-18(26)19(27)11-15;22-15-8-4-7-14(18(15)23)20-19(12-5-2-1-3-6-12)24-21(25-20)13-9-10-16(26)17(27)11-13/h3-14,26H,1-2H3,(H,24,25);2-12,27H,1H3,(H,25,26);2-12,26-27H,1H3,(H,23,24);1-11,26-27H,(H,24,25). The summed E-state index contributed by atoms with van der Waals surface area (Å²) >= 11 is 25.3. The number of nitro benzene ring substituents is 1. The van der Waals surface area contributed by atoms with Crippen molar-refractivity contribution in [2.24, 2.45) is 0 Å². The molecule has 0 amide bonds. The fraction of sp³-hybridized carbons (Fsp3) is 0.0455. The Morgan fingerprint density at radius 3 is 1.05 bits per heavy atom. The molecule has 18 nitrogen and oxygen atoms in total. The number of aromatic hydroxyl groups is 6. The lowest BCUT2D eigenvalue weighted by molar-refractivity contribution is -0.384. The zero-order valence-corrected chi connectivity index (χ0v) is 62.2. The Bertz CT molecular complexity index is 6010. The van der Waals surface area contributed by atoms with Gasteiger partial charge in [0.15, 0.2) is 34.5 Å². The minimum absolute atomic E-state index is 0.0111. The van der Waals surface area contributed by atoms with Crippen molar-refractivity contribution >= 4 is 52.1 Å². The van der Waals surface area contributed by atoms with Crippen LogP contribution in [0.1, 0.15) is 16.7 Å². The second kappa shape index (κ2) is 33.2. The summed E-state index contributed by atoms with van der Waals surface area (Å²) in [5.41, 5.74) is 19.2. The normalized spacial score (nSPS) is 10.8. The molecule has 4 aromatic heterocycles. The number of phenolic OH excluding ortho intramolecular Hbond substituents is 6. The van der Waals surface area contributed by atoms with Crippen molar-refractivity contribution < 1.29 is 40.3 Å². The van der Waals surface area contributed by atoms with Crippen molar-refractivity contribution in [1.29, 1.82) is 0 Å². The molecule has 0 aliphatic carbocycles. The first kappa shape index (κ1) is 74.9. The molecule has 110 heavy (non-hydrogen) atoms. The Morgan fingerprint density at radius 2 is 0.682 bits per heavy atom. The molecule has 0 aliphatic rings. The molecule has 0 unspecified atom stereocenters. The van der Waals surface area contributed by atoms with Crippen LogP contribution in [0.3, 0.4) is 0 Å². The first-order chi connectivity index (χ1) is 53.2. The molecule has 0 spiro atoms. The Morgan fingerprint density at radius 1 is 0.336 bits per heavy atom. The van der Waals surface area contributed by atoms with Gasteiger partial charge < -0.3 is 55.3 Å². The van der Waals surface area contributed by atoms with Crippen LogP contribution in [-0.2, 0) is 0 Å². The average Bonchev–Trinajstić information content (AvgIpc) is 1.64. The first-order valence-electron chi connectivity index (χ1n) is 34.2. The molecular formula is C88H67Cl4N9O9. The molecule has 0 fully saturated rings. The summed E-state index contributed by atoms with van der Waals surface area (Å²) in [6.07, 6.45) is 0. The van der Waals surface area contributed by atoms with Crippen LogP contribution in [0.2, 0.25) is 20.1 Å². The van der Waals surface area contributed by atoms with E-state index in [0.717, 1.165) is 89.9 Å². The number of non-ortho nitro benzene ring substituents is 1. The SMILES string of the molecule is COc1ccc(-c2nc(-c3ccccc3)c(-c3cccc(Cl)c3Cl)[nH]2)cc1O.Cc1ccc(C)c(-c2[nH]c(-c3cccc(O)c3)nc2-c2ccccc2)c1.Cc1ccc([N+](=O)[O-])cc1-c1[nH]c(-c2ccc(O)c(O)c2)nc1-c1ccccc1.Oc1ccc(-c2nc(-c3ccccc3)c(-c3cccc(Cl)c3Cl)[nH]2)cc1O. The molecule has 546 valence electrons. The van der Waals surface area contributed by atoms with Gasteiger partial charge in [-0.2, -0.15) is 0 Å². The number of H-pyrrole nitrogens is 4. The number of ether oxygens (including phenoxy) is 1. The third-order valence-corrected chi connectivity index (χ3v) is 19.5. The van der Waals surface area contributed by atoms with Gasteiger partial charge in [0.25, 0.3) is 5.69 Å². The molecule has 0 atom stereocenters. The Kier molecular flexibility index (Phi) is 22.6. The number of phenols is 6. The maximum Gasteiger partial charge on any atom is 0.270 e. The molecule has 0 radical (unpaired) electrons. The number of aromatic amines is 4. The van der Waals surface area contributed by atoms with Gasteiger partial charge in [0.2, 0.25) is 0 Å². The summed E-state index contributed by atoms with van der Waals surface area (Å²) in [5, 5.41) is 71.8. The minimum atomic E-state index is -0.430. The van der Waals surface area contributed by atoms with Gasteiger partial charge in [0.05, 0.1) is 77.7 Å². The van der Waals surface area contributed by atoms with Gasteiger partial charge in [-0.05, 0) is 117 Å². The summed E-state index contributed by atoms with van der Waals surface area (Å²) in [5.74, 6) is 2.14. The van der Waals surface area contributed by atoms with E-state index in [4.69, 9.17) is 71.1 Å². The fourth-order valence-electron chi connectivity index (χ4n) is 12.3. The minimum Gasteiger partial charge on any atom is -0.508 e. The third kappa shape index (κ3) is 16.6. The second-order valence-electron chi connectivity index (χ2n) is 25.3. The van der Waals surface area contributed by atoms with Crippen molar-refractivity contribution in [3.05, 3.63) is 320 Å². The number of rotatable bonds is 14. The molecule has 16 aromatic rings. The van der Waals surface area contributed by atoms with Crippen LogP contribution in [0, 0.1) is 30.9 Å². The van der Waals surface area contributed by atoms with E-state index in [2.05, 4.69) is 64.1 Å². The van der Waals surface area contributed by atoms with E-state index in [0.29, 0.717) is 77.1 Å². The Labute approximate surface area is 651 Å². The number of nitrogens with zero attached hydrogens (tertiary/aromatic N) is 5. The third-order valence-electron chi connectivity index (χ3n) is 17.9. The smallest absolute Gasteiger partial charge is 0.270 e. The van der Waals surface area contributed by atoms with Gasteiger partial charge in [-0.15, -0.1) is 0 Å². The zero-order chi connectivity index (χ0) is 77.3. The number of nitro groups is 1. The zero-order valence-electron chi connectivity index (χ0n) is 59.1. The first-order valence-corrected chi connectivity index (χ1v) is 35.7. The number of benzene rings is 12. The molecule has 22 heteroatoms. The molecule has 0 saturated carbocycles. The Hall–Kier alpha value is -13.4. The van der Waals surface area contributed by atoms with Crippen LogP contribution in [0.5, 0.6) is 40.2 Å². The van der Waals surface area contributed by atoms with E-state index in [1.54, 1.807) is 54.6 Å². The number of methoxy groups -OCH3 is 1. The topological polar surface area (TPSA) is 288 Å². The van der Waals surface area contributed by atoms with Crippen molar-refractivity contribution in [3.8, 4) is 176 Å². The number of halogens is 4. The van der Waals surface area contributed by atoms with E-state index in [-0.39, 0.29) is 40.2 Å². The molecule has 0 bridgehead atoms. The summed E-state index contributed by atoms with van der Waals surface area (Å²) in [6, 6.07) is 82.5. The van der Waals surface area contributed by atoms with Crippen LogP contribution in [0.25, 0.3) is 136 Å². The van der Waals surface area contributed by atoms with Gasteiger partial charge in [0.1, 0.15) is 29.0 Å². The maximum absolute atomic E-state index is 11.3. The highest BCUT2D eigenvalue weighted by atomic mass is 35.5. The lowest BCUT2D eigenvalue weighted by Gasteiger charge is -2.08. The number of imidazole rings is 4. The summed E-state index contributed by atoms with van der Waals surface area (Å²) < 4.78 is 5.12. The monoisotopic (exact) mass is 1530 g/mol. The maximum atomic E-state index is 11.3. The largest absolute Gasteiger partial charge is 0.508 e. The van der Waals surface area contributed by atoms with E-state index >= 15 is 0 Å². The average molecular weight is 1540 g/mol. The van der Waals surface area contributed by atoms with E-state index in [9.17, 15) is 40.8 Å². The lowest BCUT2D eigenvalue weighted by Crippen LogP contribution is -1.92. The number of aryl methyl sites for hydroxylation is 3. The van der Waals surface area contributed by atoms with Gasteiger partial charge in [-0.3, -0.25) is 10.1 Å². The quantitative estimate of drug-likeness (QED) is 0.0276. The van der Waals surface area contributed by atoms with Crippen LogP contribution in [0.15, 0.2) is 273 Å². The van der Waals surface area contributed by atoms with Crippen LogP contribution in [-0.4, -0.2) is 82.5 Å². The van der Waals surface area contributed by atoms with E-state index in [1.165, 1.54) is 54.6 Å². The molecular weight excluding hydrogens is 1470 g/mol.